The van der Waals surface area contributed by atoms with Crippen molar-refractivity contribution in [3.8, 4) is 0 Å². The average molecular weight is 481 g/mol. The van der Waals surface area contributed by atoms with E-state index in [1.54, 1.807) is 13.8 Å². The molecular weight excluding hydrogens is 444 g/mol. The summed E-state index contributed by atoms with van der Waals surface area (Å²) in [4.78, 5) is 48.1. The molecule has 1 rings (SSSR count). The molecule has 0 aliphatic heterocycles. The highest BCUT2D eigenvalue weighted by molar-refractivity contribution is 5.95. The third kappa shape index (κ3) is 10.1. The predicted octanol–water partition coefficient (Wildman–Crippen LogP) is 0.249. The fourth-order valence-corrected chi connectivity index (χ4v) is 2.67. The number of primary amides is 1. The average Bonchev–Trinajstić information content (AvgIpc) is 2.77. The molecule has 0 aliphatic rings. The van der Waals surface area contributed by atoms with Crippen LogP contribution in [0.25, 0.3) is 0 Å². The predicted molar refractivity (Wildman–Crippen MR) is 126 cm³/mol. The van der Waals surface area contributed by atoms with Crippen LogP contribution in [0.2, 0.25) is 0 Å². The molecule has 4 amide bonds. The molecular formula is C22H36N6O6. The molecule has 0 fully saturated rings. The molecule has 0 bridgehead atoms. The number of nitrogens with zero attached hydrogens (tertiary/aromatic N) is 1. The van der Waals surface area contributed by atoms with Crippen LogP contribution >= 0.6 is 0 Å². The maximum Gasteiger partial charge on any atom is 0.405 e. The SMILES string of the molecule is CC(C)OCCNN(C)C(=O)C(OC(N)=O)c1ccc(NC(=O)CNC(=O)C(N)C(C)C)cc1. The summed E-state index contributed by atoms with van der Waals surface area (Å²) in [7, 11) is 1.49. The second-order valence-electron chi connectivity index (χ2n) is 8.20. The van der Waals surface area contributed by atoms with Gasteiger partial charge >= 0.3 is 6.09 Å². The molecule has 0 aromatic heterocycles. The molecule has 34 heavy (non-hydrogen) atoms. The first-order chi connectivity index (χ1) is 15.9. The van der Waals surface area contributed by atoms with E-state index in [9.17, 15) is 19.2 Å². The van der Waals surface area contributed by atoms with Crippen LogP contribution in [0.5, 0.6) is 0 Å². The number of hydrazine groups is 1. The third-order valence-electron chi connectivity index (χ3n) is 4.63. The minimum atomic E-state index is -1.29. The van der Waals surface area contributed by atoms with Gasteiger partial charge < -0.3 is 31.6 Å². The van der Waals surface area contributed by atoms with E-state index < -0.39 is 36.0 Å². The van der Waals surface area contributed by atoms with Gasteiger partial charge in [0.25, 0.3) is 5.91 Å². The Kier molecular flexibility index (Phi) is 12.0. The summed E-state index contributed by atoms with van der Waals surface area (Å²) >= 11 is 0. The van der Waals surface area contributed by atoms with Gasteiger partial charge in [-0.2, -0.15) is 0 Å². The van der Waals surface area contributed by atoms with Gasteiger partial charge in [0.05, 0.1) is 25.3 Å². The number of ether oxygens (including phenoxy) is 2. The number of carbonyl (C=O) groups is 4. The minimum Gasteiger partial charge on any atom is -0.431 e. The molecule has 7 N–H and O–H groups in total. The van der Waals surface area contributed by atoms with Crippen molar-refractivity contribution < 1.29 is 28.7 Å². The Bertz CT molecular complexity index is 830. The lowest BCUT2D eigenvalue weighted by Gasteiger charge is -2.24. The number of hydrogen-bond acceptors (Lipinski definition) is 8. The molecule has 0 saturated heterocycles. The summed E-state index contributed by atoms with van der Waals surface area (Å²) in [6.07, 6.45) is -2.34. The van der Waals surface area contributed by atoms with Crippen LogP contribution in [0.3, 0.4) is 0 Å². The molecule has 2 unspecified atom stereocenters. The minimum absolute atomic E-state index is 0.0571. The van der Waals surface area contributed by atoms with Crippen molar-refractivity contribution in [3.05, 3.63) is 29.8 Å². The first-order valence-electron chi connectivity index (χ1n) is 10.9. The van der Waals surface area contributed by atoms with Crippen LogP contribution in [0.4, 0.5) is 10.5 Å². The number of anilines is 1. The molecule has 1 aromatic carbocycles. The molecule has 0 saturated carbocycles. The highest BCUT2D eigenvalue weighted by Crippen LogP contribution is 2.21. The third-order valence-corrected chi connectivity index (χ3v) is 4.63. The van der Waals surface area contributed by atoms with Gasteiger partial charge in [-0.15, -0.1) is 0 Å². The van der Waals surface area contributed by atoms with Crippen molar-refractivity contribution in [3.63, 3.8) is 0 Å². The first kappa shape index (κ1) is 28.8. The number of hydrogen-bond donors (Lipinski definition) is 5. The van der Waals surface area contributed by atoms with Gasteiger partial charge in [-0.1, -0.05) is 26.0 Å². The Morgan fingerprint density at radius 3 is 2.21 bits per heavy atom. The molecule has 1 aromatic rings. The molecule has 190 valence electrons. The van der Waals surface area contributed by atoms with Crippen LogP contribution in [-0.2, 0) is 23.9 Å². The highest BCUT2D eigenvalue weighted by atomic mass is 16.6. The number of rotatable bonds is 13. The maximum atomic E-state index is 12.8. The topological polar surface area (TPSA) is 178 Å². The van der Waals surface area contributed by atoms with Crippen molar-refractivity contribution in [2.45, 2.75) is 45.9 Å². The Balaban J connectivity index is 2.74. The smallest absolute Gasteiger partial charge is 0.405 e. The Hall–Kier alpha value is -3.22. The van der Waals surface area contributed by atoms with Gasteiger partial charge in [-0.25, -0.2) is 10.2 Å². The van der Waals surface area contributed by atoms with Crippen molar-refractivity contribution in [2.75, 3.05) is 32.1 Å². The molecule has 0 heterocycles. The van der Waals surface area contributed by atoms with E-state index in [4.69, 9.17) is 20.9 Å². The summed E-state index contributed by atoms with van der Waals surface area (Å²) in [6, 6.07) is 5.39. The maximum absolute atomic E-state index is 12.8. The van der Waals surface area contributed by atoms with Crippen LogP contribution < -0.4 is 27.5 Å². The summed E-state index contributed by atoms with van der Waals surface area (Å²) in [5, 5.41) is 6.29. The molecule has 12 nitrogen and oxygen atoms in total. The van der Waals surface area contributed by atoms with E-state index in [0.29, 0.717) is 24.4 Å². The van der Waals surface area contributed by atoms with Crippen molar-refractivity contribution in [1.29, 1.82) is 0 Å². The lowest BCUT2D eigenvalue weighted by atomic mass is 10.1. The largest absolute Gasteiger partial charge is 0.431 e. The van der Waals surface area contributed by atoms with Crippen LogP contribution in [-0.4, -0.2) is 67.7 Å². The second-order valence-corrected chi connectivity index (χ2v) is 8.20. The van der Waals surface area contributed by atoms with Crippen LogP contribution in [0, 0.1) is 5.92 Å². The lowest BCUT2D eigenvalue weighted by molar-refractivity contribution is -0.142. The van der Waals surface area contributed by atoms with Gasteiger partial charge in [-0.05, 0) is 31.9 Å². The number of likely N-dealkylation sites (N-methyl/N-ethyl adjacent to an activating group) is 1. The van der Waals surface area contributed by atoms with Crippen molar-refractivity contribution >= 4 is 29.5 Å². The summed E-state index contributed by atoms with van der Waals surface area (Å²) < 4.78 is 10.4. The fraction of sp³-hybridized carbons (Fsp3) is 0.545. The molecule has 12 heteroatoms. The van der Waals surface area contributed by atoms with Crippen LogP contribution in [0.15, 0.2) is 24.3 Å². The quantitative estimate of drug-likeness (QED) is 0.197. The standard InChI is InChI=1S/C22H36N6O6/c1-13(2)18(23)20(30)25-12-17(29)27-16-8-6-15(7-9-16)19(34-22(24)32)21(31)28(5)26-10-11-33-14(3)4/h6-9,13-14,18-19,26H,10-12,23H2,1-5H3,(H2,24,32)(H,25,30)(H,27,29). The molecule has 0 radical (unpaired) electrons. The normalized spacial score (nSPS) is 12.7. The monoisotopic (exact) mass is 480 g/mol. The van der Waals surface area contributed by atoms with Gasteiger partial charge in [0.2, 0.25) is 17.9 Å². The molecule has 0 spiro atoms. The number of carbonyl (C=O) groups excluding carboxylic acids is 4. The van der Waals surface area contributed by atoms with E-state index in [-0.39, 0.29) is 18.6 Å². The van der Waals surface area contributed by atoms with Crippen molar-refractivity contribution in [2.24, 2.45) is 17.4 Å². The van der Waals surface area contributed by atoms with E-state index in [1.165, 1.54) is 36.3 Å². The van der Waals surface area contributed by atoms with Gasteiger partial charge in [-0.3, -0.25) is 19.4 Å². The summed E-state index contributed by atoms with van der Waals surface area (Å²) in [5.41, 5.74) is 14.5. The Morgan fingerprint density at radius 1 is 1.06 bits per heavy atom. The van der Waals surface area contributed by atoms with Gasteiger partial charge in [0, 0.05) is 24.8 Å². The second kappa shape index (κ2) is 14.1. The lowest BCUT2D eigenvalue weighted by Crippen LogP contribution is -2.46. The number of nitrogens with one attached hydrogen (secondary N) is 3. The zero-order valence-corrected chi connectivity index (χ0v) is 20.3. The number of nitrogens with two attached hydrogens (primary N) is 2. The Morgan fingerprint density at radius 2 is 1.68 bits per heavy atom. The zero-order chi connectivity index (χ0) is 25.8. The van der Waals surface area contributed by atoms with E-state index in [0.717, 1.165) is 0 Å². The molecule has 2 atom stereocenters. The van der Waals surface area contributed by atoms with Crippen LogP contribution in [0.1, 0.15) is 39.4 Å². The Labute approximate surface area is 199 Å². The number of amides is 4. The molecule has 0 aliphatic carbocycles. The zero-order valence-electron chi connectivity index (χ0n) is 20.3. The fourth-order valence-electron chi connectivity index (χ4n) is 2.67. The van der Waals surface area contributed by atoms with E-state index in [2.05, 4.69) is 16.1 Å². The van der Waals surface area contributed by atoms with Gasteiger partial charge in [0.1, 0.15) is 0 Å². The highest BCUT2D eigenvalue weighted by Gasteiger charge is 2.27. The number of benzene rings is 1. The first-order valence-corrected chi connectivity index (χ1v) is 10.9. The van der Waals surface area contributed by atoms with E-state index >= 15 is 0 Å². The van der Waals surface area contributed by atoms with Gasteiger partial charge in [0.15, 0.2) is 0 Å². The summed E-state index contributed by atoms with van der Waals surface area (Å²) in [6.45, 7) is 7.92. The van der Waals surface area contributed by atoms with Crippen molar-refractivity contribution in [1.82, 2.24) is 15.8 Å². The summed E-state index contributed by atoms with van der Waals surface area (Å²) in [5.74, 6) is -1.48. The van der Waals surface area contributed by atoms with E-state index in [1.807, 2.05) is 13.8 Å².